The average Bonchev–Trinajstić information content (AvgIpc) is 3.43. The van der Waals surface area contributed by atoms with Gasteiger partial charge in [-0.3, -0.25) is 0 Å². The van der Waals surface area contributed by atoms with Gasteiger partial charge in [-0.1, -0.05) is 24.3 Å². The molecule has 10 heteroatoms. The van der Waals surface area contributed by atoms with Gasteiger partial charge in [0.25, 0.3) is 0 Å². The van der Waals surface area contributed by atoms with Gasteiger partial charge in [0.05, 0.1) is 12.4 Å². The number of hydrogen-bond donors (Lipinski definition) is 3. The Bertz CT molecular complexity index is 1100. The molecule has 2 aliphatic carbocycles. The summed E-state index contributed by atoms with van der Waals surface area (Å²) < 4.78 is 3.40. The summed E-state index contributed by atoms with van der Waals surface area (Å²) >= 11 is 2.34. The maximum Gasteiger partial charge on any atom is 0.227 e. The third-order valence-corrected chi connectivity index (χ3v) is 6.89. The second kappa shape index (κ2) is 11.7. The fraction of sp³-hybridized carbons (Fsp3) is 0.435. The number of fused-ring (bicyclic) bond motifs is 1. The Morgan fingerprint density at radius 1 is 1.09 bits per heavy atom. The van der Waals surface area contributed by atoms with Crippen LogP contribution >= 0.6 is 47.4 Å². The van der Waals surface area contributed by atoms with Gasteiger partial charge in [-0.2, -0.15) is 9.97 Å². The summed E-state index contributed by atoms with van der Waals surface area (Å²) in [5.74, 6) is 1.45. The zero-order valence-electron chi connectivity index (χ0n) is 18.3. The molecule has 33 heavy (non-hydrogen) atoms. The van der Waals surface area contributed by atoms with Crippen molar-refractivity contribution in [2.45, 2.75) is 63.2 Å². The number of aromatic nitrogens is 4. The van der Waals surface area contributed by atoms with E-state index >= 15 is 0 Å². The SMILES string of the molecule is Cl.Cl.NC1CCC(Nc2nc(NCc3cccc(I)c3)c3ncn(C4C=CCC4)c3n2)CC1. The van der Waals surface area contributed by atoms with Crippen molar-refractivity contribution in [1.82, 2.24) is 19.5 Å². The Hall–Kier alpha value is -1.62. The van der Waals surface area contributed by atoms with Crippen LogP contribution in [-0.2, 0) is 6.54 Å². The van der Waals surface area contributed by atoms with Crippen LogP contribution in [-0.4, -0.2) is 31.6 Å². The minimum absolute atomic E-state index is 0. The number of nitrogens with zero attached hydrogens (tertiary/aromatic N) is 4. The van der Waals surface area contributed by atoms with Gasteiger partial charge < -0.3 is 20.9 Å². The molecule has 0 amide bonds. The predicted molar refractivity (Wildman–Crippen MR) is 148 cm³/mol. The summed E-state index contributed by atoms with van der Waals surface area (Å²) in [4.78, 5) is 14.4. The van der Waals surface area contributed by atoms with E-state index in [-0.39, 0.29) is 24.8 Å². The minimum atomic E-state index is 0. The number of benzene rings is 1. The van der Waals surface area contributed by atoms with Crippen molar-refractivity contribution >= 4 is 70.3 Å². The summed E-state index contributed by atoms with van der Waals surface area (Å²) in [5.41, 5.74) is 9.00. The first-order valence-electron chi connectivity index (χ1n) is 11.1. The van der Waals surface area contributed by atoms with Gasteiger partial charge in [0.1, 0.15) is 0 Å². The van der Waals surface area contributed by atoms with Gasteiger partial charge >= 0.3 is 0 Å². The molecular weight excluding hydrogens is 572 g/mol. The first-order chi connectivity index (χ1) is 15.2. The topological polar surface area (TPSA) is 93.7 Å². The van der Waals surface area contributed by atoms with Crippen molar-refractivity contribution < 1.29 is 0 Å². The quantitative estimate of drug-likeness (QED) is 0.257. The summed E-state index contributed by atoms with van der Waals surface area (Å²) in [6, 6.07) is 9.48. The maximum absolute atomic E-state index is 6.08. The molecule has 2 aliphatic rings. The molecule has 5 rings (SSSR count). The van der Waals surface area contributed by atoms with E-state index in [9.17, 15) is 0 Å². The Kier molecular flexibility index (Phi) is 9.20. The summed E-state index contributed by atoms with van der Waals surface area (Å²) in [6.45, 7) is 0.691. The number of nitrogens with one attached hydrogen (secondary N) is 2. The third-order valence-electron chi connectivity index (χ3n) is 6.22. The lowest BCUT2D eigenvalue weighted by Gasteiger charge is -2.27. The minimum Gasteiger partial charge on any atom is -0.364 e. The molecule has 1 atom stereocenters. The molecule has 1 unspecified atom stereocenters. The Balaban J connectivity index is 0.00000153. The van der Waals surface area contributed by atoms with Gasteiger partial charge in [0, 0.05) is 22.2 Å². The smallest absolute Gasteiger partial charge is 0.227 e. The van der Waals surface area contributed by atoms with Gasteiger partial charge in [0.15, 0.2) is 17.0 Å². The normalized spacial score (nSPS) is 21.9. The second-order valence-electron chi connectivity index (χ2n) is 8.53. The number of rotatable bonds is 6. The van der Waals surface area contributed by atoms with Gasteiger partial charge in [-0.25, -0.2) is 4.98 Å². The van der Waals surface area contributed by atoms with E-state index in [0.717, 1.165) is 55.5 Å². The lowest BCUT2D eigenvalue weighted by molar-refractivity contribution is 0.410. The van der Waals surface area contributed by atoms with Crippen molar-refractivity contribution in [2.75, 3.05) is 10.6 Å². The number of nitrogens with two attached hydrogens (primary N) is 1. The van der Waals surface area contributed by atoms with Crippen LogP contribution in [0.5, 0.6) is 0 Å². The second-order valence-corrected chi connectivity index (χ2v) is 9.78. The summed E-state index contributed by atoms with van der Waals surface area (Å²) in [5, 5.41) is 7.08. The average molecular weight is 602 g/mol. The number of allylic oxidation sites excluding steroid dienone is 2. The first-order valence-corrected chi connectivity index (χ1v) is 12.2. The molecule has 0 aliphatic heterocycles. The van der Waals surface area contributed by atoms with E-state index in [4.69, 9.17) is 15.7 Å². The van der Waals surface area contributed by atoms with Crippen LogP contribution in [0, 0.1) is 3.57 Å². The highest BCUT2D eigenvalue weighted by Gasteiger charge is 2.22. The molecule has 0 saturated heterocycles. The number of hydrogen-bond acceptors (Lipinski definition) is 6. The Labute approximate surface area is 220 Å². The third kappa shape index (κ3) is 6.09. The van der Waals surface area contributed by atoms with Crippen LogP contribution in [0.2, 0.25) is 0 Å². The van der Waals surface area contributed by atoms with Crippen LogP contribution < -0.4 is 16.4 Å². The number of imidazole rings is 1. The van der Waals surface area contributed by atoms with Crippen molar-refractivity contribution in [3.63, 3.8) is 0 Å². The van der Waals surface area contributed by atoms with Crippen LogP contribution in [0.25, 0.3) is 11.2 Å². The maximum atomic E-state index is 6.08. The fourth-order valence-corrected chi connectivity index (χ4v) is 5.08. The molecule has 1 saturated carbocycles. The molecule has 178 valence electrons. The van der Waals surface area contributed by atoms with Gasteiger partial charge in [-0.05, 0) is 78.8 Å². The van der Waals surface area contributed by atoms with Crippen LogP contribution in [0.4, 0.5) is 11.8 Å². The largest absolute Gasteiger partial charge is 0.364 e. The fourth-order valence-electron chi connectivity index (χ4n) is 4.47. The van der Waals surface area contributed by atoms with E-state index in [1.165, 1.54) is 9.13 Å². The lowest BCUT2D eigenvalue weighted by atomic mass is 9.92. The molecule has 0 radical (unpaired) electrons. The molecule has 2 heterocycles. The zero-order valence-corrected chi connectivity index (χ0v) is 22.1. The Morgan fingerprint density at radius 3 is 2.64 bits per heavy atom. The standard InChI is InChI=1S/C23H28IN7.2ClH/c24-16-5-3-4-15(12-16)13-26-21-20-22(31(14-27-20)19-6-1-2-7-19)30-23(29-21)28-18-10-8-17(25)9-11-18;;/h1,3-6,12,14,17-19H,2,7-11,13,25H2,(H2,26,28,29,30);2*1H. The molecule has 3 aromatic rings. The molecule has 4 N–H and O–H groups in total. The van der Waals surface area contributed by atoms with E-state index in [0.29, 0.717) is 30.6 Å². The molecule has 7 nitrogen and oxygen atoms in total. The highest BCUT2D eigenvalue weighted by atomic mass is 127. The molecule has 0 spiro atoms. The first kappa shape index (κ1) is 26.0. The van der Waals surface area contributed by atoms with Crippen molar-refractivity contribution in [3.8, 4) is 0 Å². The Morgan fingerprint density at radius 2 is 1.91 bits per heavy atom. The van der Waals surface area contributed by atoms with Crippen LogP contribution in [0.15, 0.2) is 42.7 Å². The van der Waals surface area contributed by atoms with Gasteiger partial charge in [0.2, 0.25) is 5.95 Å². The van der Waals surface area contributed by atoms with Crippen molar-refractivity contribution in [1.29, 1.82) is 0 Å². The van der Waals surface area contributed by atoms with E-state index < -0.39 is 0 Å². The van der Waals surface area contributed by atoms with Crippen molar-refractivity contribution in [2.24, 2.45) is 5.73 Å². The summed E-state index contributed by atoms with van der Waals surface area (Å²) in [7, 11) is 0. The molecule has 0 bridgehead atoms. The van der Waals surface area contributed by atoms with Crippen LogP contribution in [0.3, 0.4) is 0 Å². The monoisotopic (exact) mass is 601 g/mol. The highest BCUT2D eigenvalue weighted by molar-refractivity contribution is 14.1. The van der Waals surface area contributed by atoms with E-state index in [2.05, 4.69) is 79.2 Å². The molecular formula is C23H30Cl2IN7. The number of halogens is 3. The van der Waals surface area contributed by atoms with E-state index in [1.54, 1.807) is 0 Å². The highest BCUT2D eigenvalue weighted by Crippen LogP contribution is 2.30. The predicted octanol–water partition coefficient (Wildman–Crippen LogP) is 5.46. The summed E-state index contributed by atoms with van der Waals surface area (Å²) in [6.07, 6.45) is 12.8. The zero-order chi connectivity index (χ0) is 21.2. The van der Waals surface area contributed by atoms with Crippen molar-refractivity contribution in [3.05, 3.63) is 51.9 Å². The lowest BCUT2D eigenvalue weighted by Crippen LogP contribution is -2.33. The molecule has 1 aromatic carbocycles. The van der Waals surface area contributed by atoms with Crippen LogP contribution in [0.1, 0.15) is 50.1 Å². The molecule has 1 fully saturated rings. The van der Waals surface area contributed by atoms with Gasteiger partial charge in [-0.15, -0.1) is 24.8 Å². The molecule has 2 aromatic heterocycles. The van der Waals surface area contributed by atoms with E-state index in [1.807, 2.05) is 6.33 Å². The number of anilines is 2.